The summed E-state index contributed by atoms with van der Waals surface area (Å²) >= 11 is 0. The van der Waals surface area contributed by atoms with Gasteiger partial charge in [-0.25, -0.2) is 9.97 Å². The van der Waals surface area contributed by atoms with Gasteiger partial charge in [-0.2, -0.15) is 0 Å². The van der Waals surface area contributed by atoms with E-state index in [4.69, 9.17) is 0 Å². The van der Waals surface area contributed by atoms with Crippen molar-refractivity contribution in [1.29, 1.82) is 0 Å². The molecule has 0 aliphatic carbocycles. The minimum absolute atomic E-state index is 0.0353. The second kappa shape index (κ2) is 4.48. The van der Waals surface area contributed by atoms with Gasteiger partial charge in [0.15, 0.2) is 5.52 Å². The van der Waals surface area contributed by atoms with Crippen LogP contribution in [0.3, 0.4) is 0 Å². The molecule has 4 heterocycles. The molecule has 5 nitrogen and oxygen atoms in total. The Morgan fingerprint density at radius 1 is 1.29 bits per heavy atom. The van der Waals surface area contributed by atoms with Gasteiger partial charge in [-0.1, -0.05) is 13.0 Å². The maximum Gasteiger partial charge on any atom is 0.280 e. The lowest BCUT2D eigenvalue weighted by atomic mass is 10.1. The molecule has 1 aliphatic rings. The van der Waals surface area contributed by atoms with Crippen LogP contribution in [0.15, 0.2) is 41.5 Å². The highest BCUT2D eigenvalue weighted by molar-refractivity contribution is 5.78. The molecule has 3 aromatic heterocycles. The van der Waals surface area contributed by atoms with E-state index in [1.165, 1.54) is 0 Å². The van der Waals surface area contributed by atoms with Gasteiger partial charge in [0, 0.05) is 30.9 Å². The van der Waals surface area contributed by atoms with E-state index >= 15 is 0 Å². The molecule has 1 unspecified atom stereocenters. The fourth-order valence-electron chi connectivity index (χ4n) is 2.85. The monoisotopic (exact) mass is 278 g/mol. The van der Waals surface area contributed by atoms with Gasteiger partial charge in [0.2, 0.25) is 0 Å². The highest BCUT2D eigenvalue weighted by Gasteiger charge is 2.22. The van der Waals surface area contributed by atoms with Gasteiger partial charge in [0.1, 0.15) is 5.82 Å². The third-order valence-corrected chi connectivity index (χ3v) is 3.86. The number of hydrogen-bond acceptors (Lipinski definition) is 4. The molecular formula is C16H14N4O. The highest BCUT2D eigenvalue weighted by Crippen LogP contribution is 2.21. The van der Waals surface area contributed by atoms with Crippen LogP contribution in [-0.2, 0) is 13.0 Å². The minimum Gasteiger partial charge on any atom is -0.294 e. The molecule has 0 saturated heterocycles. The summed E-state index contributed by atoms with van der Waals surface area (Å²) in [6.07, 6.45) is 4.28. The predicted molar refractivity (Wildman–Crippen MR) is 79.9 cm³/mol. The van der Waals surface area contributed by atoms with E-state index < -0.39 is 0 Å². The molecule has 0 fully saturated rings. The van der Waals surface area contributed by atoms with Crippen molar-refractivity contribution in [3.05, 3.63) is 52.8 Å². The van der Waals surface area contributed by atoms with Gasteiger partial charge in [-0.15, -0.1) is 0 Å². The van der Waals surface area contributed by atoms with Crippen LogP contribution in [0.5, 0.6) is 0 Å². The molecular weight excluding hydrogens is 264 g/mol. The number of pyridine rings is 2. The average molecular weight is 278 g/mol. The molecule has 104 valence electrons. The first kappa shape index (κ1) is 12.2. The van der Waals surface area contributed by atoms with Crippen molar-refractivity contribution in [2.24, 2.45) is 5.92 Å². The third kappa shape index (κ3) is 1.93. The number of hydrogen-bond donors (Lipinski definition) is 0. The summed E-state index contributed by atoms with van der Waals surface area (Å²) in [5.74, 6) is 1.32. The van der Waals surface area contributed by atoms with E-state index in [0.29, 0.717) is 17.0 Å². The molecule has 1 atom stereocenters. The molecule has 21 heavy (non-hydrogen) atoms. The maximum absolute atomic E-state index is 12.5. The normalized spacial score (nSPS) is 17.1. The SMILES string of the molecule is CC1Cc2nc3cc(-c4ccccn4)cnc3c(=O)n2C1. The molecule has 0 bridgehead atoms. The zero-order valence-corrected chi connectivity index (χ0v) is 11.7. The molecule has 0 saturated carbocycles. The molecule has 0 N–H and O–H groups in total. The summed E-state index contributed by atoms with van der Waals surface area (Å²) in [4.78, 5) is 25.7. The van der Waals surface area contributed by atoms with Crippen molar-refractivity contribution in [1.82, 2.24) is 19.5 Å². The molecule has 4 rings (SSSR count). The van der Waals surface area contributed by atoms with Gasteiger partial charge >= 0.3 is 0 Å². The maximum atomic E-state index is 12.5. The summed E-state index contributed by atoms with van der Waals surface area (Å²) < 4.78 is 1.75. The Morgan fingerprint density at radius 3 is 3.00 bits per heavy atom. The second-order valence-corrected chi connectivity index (χ2v) is 5.56. The molecule has 3 aromatic rings. The largest absolute Gasteiger partial charge is 0.294 e. The van der Waals surface area contributed by atoms with Crippen molar-refractivity contribution in [3.63, 3.8) is 0 Å². The zero-order valence-electron chi connectivity index (χ0n) is 11.7. The summed E-state index contributed by atoms with van der Waals surface area (Å²) in [5.41, 5.74) is 2.77. The third-order valence-electron chi connectivity index (χ3n) is 3.86. The Hall–Kier alpha value is -2.56. The summed E-state index contributed by atoms with van der Waals surface area (Å²) in [7, 11) is 0. The highest BCUT2D eigenvalue weighted by atomic mass is 16.1. The first-order valence-electron chi connectivity index (χ1n) is 7.03. The van der Waals surface area contributed by atoms with Gasteiger partial charge in [0.25, 0.3) is 5.56 Å². The predicted octanol–water partition coefficient (Wildman–Crippen LogP) is 2.05. The van der Waals surface area contributed by atoms with Crippen LogP contribution in [0.2, 0.25) is 0 Å². The van der Waals surface area contributed by atoms with Crippen molar-refractivity contribution in [2.45, 2.75) is 19.9 Å². The molecule has 0 aromatic carbocycles. The fraction of sp³-hybridized carbons (Fsp3) is 0.250. The van der Waals surface area contributed by atoms with Crippen LogP contribution < -0.4 is 5.56 Å². The summed E-state index contributed by atoms with van der Waals surface area (Å²) in [6.45, 7) is 2.87. The Bertz CT molecular complexity index is 886. The van der Waals surface area contributed by atoms with Crippen molar-refractivity contribution >= 4 is 11.0 Å². The lowest BCUT2D eigenvalue weighted by molar-refractivity contribution is 0.558. The van der Waals surface area contributed by atoms with E-state index in [1.54, 1.807) is 17.0 Å². The fourth-order valence-corrected chi connectivity index (χ4v) is 2.85. The Morgan fingerprint density at radius 2 is 2.19 bits per heavy atom. The van der Waals surface area contributed by atoms with Crippen LogP contribution >= 0.6 is 0 Å². The van der Waals surface area contributed by atoms with Crippen molar-refractivity contribution in [2.75, 3.05) is 0 Å². The van der Waals surface area contributed by atoms with Crippen LogP contribution in [-0.4, -0.2) is 19.5 Å². The van der Waals surface area contributed by atoms with Crippen LogP contribution in [0.25, 0.3) is 22.3 Å². The molecule has 1 aliphatic heterocycles. The number of aromatic nitrogens is 4. The molecule has 0 radical (unpaired) electrons. The molecule has 5 heteroatoms. The molecule has 0 amide bonds. The minimum atomic E-state index is -0.0353. The standard InChI is InChI=1S/C16H14N4O/c1-10-6-14-19-13-7-11(12-4-2-3-5-17-12)8-18-15(13)16(21)20(14)9-10/h2-5,7-8,10H,6,9H2,1H3. The first-order valence-corrected chi connectivity index (χ1v) is 7.03. The van der Waals surface area contributed by atoms with E-state index in [2.05, 4.69) is 21.9 Å². The number of nitrogens with zero attached hydrogens (tertiary/aromatic N) is 4. The smallest absolute Gasteiger partial charge is 0.280 e. The van der Waals surface area contributed by atoms with E-state index in [1.807, 2.05) is 24.3 Å². The zero-order chi connectivity index (χ0) is 14.4. The van der Waals surface area contributed by atoms with Gasteiger partial charge < -0.3 is 0 Å². The average Bonchev–Trinajstić information content (AvgIpc) is 2.88. The quantitative estimate of drug-likeness (QED) is 0.683. The van der Waals surface area contributed by atoms with E-state index in [9.17, 15) is 4.79 Å². The van der Waals surface area contributed by atoms with Gasteiger partial charge in [0.05, 0.1) is 11.2 Å². The van der Waals surface area contributed by atoms with Crippen molar-refractivity contribution in [3.8, 4) is 11.3 Å². The van der Waals surface area contributed by atoms with E-state index in [0.717, 1.165) is 30.0 Å². The van der Waals surface area contributed by atoms with Gasteiger partial charge in [-0.3, -0.25) is 14.3 Å². The molecule has 0 spiro atoms. The van der Waals surface area contributed by atoms with Crippen LogP contribution in [0.4, 0.5) is 0 Å². The number of fused-ring (bicyclic) bond motifs is 2. The lowest BCUT2D eigenvalue weighted by Crippen LogP contribution is -2.22. The van der Waals surface area contributed by atoms with Crippen molar-refractivity contribution < 1.29 is 0 Å². The first-order chi connectivity index (χ1) is 10.2. The summed E-state index contributed by atoms with van der Waals surface area (Å²) in [6, 6.07) is 7.62. The topological polar surface area (TPSA) is 60.7 Å². The lowest BCUT2D eigenvalue weighted by Gasteiger charge is -2.06. The van der Waals surface area contributed by atoms with Gasteiger partial charge in [-0.05, 0) is 24.1 Å². The van der Waals surface area contributed by atoms with Crippen LogP contribution in [0.1, 0.15) is 12.7 Å². The Balaban J connectivity index is 1.94. The Kier molecular flexibility index (Phi) is 2.60. The second-order valence-electron chi connectivity index (χ2n) is 5.56. The van der Waals surface area contributed by atoms with E-state index in [-0.39, 0.29) is 5.56 Å². The Labute approximate surface area is 121 Å². The van der Waals surface area contributed by atoms with Crippen LogP contribution in [0, 0.1) is 5.92 Å². The summed E-state index contributed by atoms with van der Waals surface area (Å²) in [5, 5.41) is 0. The number of rotatable bonds is 1.